The van der Waals surface area contributed by atoms with Gasteiger partial charge < -0.3 is 15.1 Å². The zero-order valence-corrected chi connectivity index (χ0v) is 16.1. The molecule has 1 aliphatic heterocycles. The third-order valence-corrected chi connectivity index (χ3v) is 5.36. The van der Waals surface area contributed by atoms with Gasteiger partial charge in [0.25, 0.3) is 0 Å². The summed E-state index contributed by atoms with van der Waals surface area (Å²) < 4.78 is 0. The van der Waals surface area contributed by atoms with Gasteiger partial charge in [-0.25, -0.2) is 0 Å². The van der Waals surface area contributed by atoms with Crippen LogP contribution in [-0.4, -0.2) is 67.8 Å². The van der Waals surface area contributed by atoms with Crippen molar-refractivity contribution in [3.8, 4) is 0 Å². The first-order chi connectivity index (χ1) is 11.5. The number of nitrogens with zero attached hydrogens (tertiary/aromatic N) is 2. The number of carbonyl (C=O) groups excluding carboxylic acids is 1. The highest BCUT2D eigenvalue weighted by Crippen LogP contribution is 2.15. The number of hydrogen-bond donors (Lipinski definition) is 1. The Morgan fingerprint density at radius 2 is 1.79 bits per heavy atom. The fraction of sp³-hybridized carbons (Fsp3) is 0.632. The molecule has 0 aromatic heterocycles. The fourth-order valence-electron chi connectivity index (χ4n) is 3.07. The normalized spacial score (nSPS) is 16.3. The van der Waals surface area contributed by atoms with E-state index in [4.69, 9.17) is 0 Å². The summed E-state index contributed by atoms with van der Waals surface area (Å²) in [4.78, 5) is 16.8. The fourth-order valence-corrected chi connectivity index (χ4v) is 3.86. The summed E-state index contributed by atoms with van der Waals surface area (Å²) in [5.41, 5.74) is 3.89. The monoisotopic (exact) mass is 349 g/mol. The lowest BCUT2D eigenvalue weighted by atomic mass is 10.1. The van der Waals surface area contributed by atoms with Gasteiger partial charge in [0.1, 0.15) is 0 Å². The Morgan fingerprint density at radius 3 is 2.46 bits per heavy atom. The van der Waals surface area contributed by atoms with Gasteiger partial charge in [-0.1, -0.05) is 29.3 Å². The number of aryl methyl sites for hydroxylation is 2. The van der Waals surface area contributed by atoms with Gasteiger partial charge in [0, 0.05) is 38.5 Å². The zero-order valence-electron chi connectivity index (χ0n) is 15.3. The van der Waals surface area contributed by atoms with Crippen LogP contribution in [0.25, 0.3) is 0 Å². The molecule has 1 aromatic carbocycles. The van der Waals surface area contributed by atoms with Crippen LogP contribution in [-0.2, 0) is 10.5 Å². The zero-order chi connectivity index (χ0) is 17.4. The average Bonchev–Trinajstić information content (AvgIpc) is 2.52. The molecule has 134 valence electrons. The molecular formula is C19H31N3OS. The molecule has 1 amide bonds. The summed E-state index contributed by atoms with van der Waals surface area (Å²) in [6, 6.07) is 6.59. The molecule has 24 heavy (non-hydrogen) atoms. The standard InChI is InChI=1S/C19H31N3OS/c1-16-11-17(2)13-18(12-16)14-24-15-19(23)20-5-4-6-22-9-7-21(3)8-10-22/h11-13H,4-10,14-15H2,1-3H3,(H,20,23). The third kappa shape index (κ3) is 7.24. The van der Waals surface area contributed by atoms with Gasteiger partial charge >= 0.3 is 0 Å². The molecule has 0 spiro atoms. The van der Waals surface area contributed by atoms with Crippen LogP contribution in [0.3, 0.4) is 0 Å². The van der Waals surface area contributed by atoms with Crippen LogP contribution in [0.1, 0.15) is 23.1 Å². The molecule has 0 saturated carbocycles. The second-order valence-electron chi connectivity index (χ2n) is 6.84. The first-order valence-corrected chi connectivity index (χ1v) is 10.0. The predicted octanol–water partition coefficient (Wildman–Crippen LogP) is 2.29. The van der Waals surface area contributed by atoms with Crippen molar-refractivity contribution in [2.45, 2.75) is 26.0 Å². The van der Waals surface area contributed by atoms with Gasteiger partial charge in [0.2, 0.25) is 5.91 Å². The number of piperazine rings is 1. The van der Waals surface area contributed by atoms with Crippen molar-refractivity contribution in [1.29, 1.82) is 0 Å². The number of rotatable bonds is 8. The maximum atomic E-state index is 11.9. The number of thioether (sulfide) groups is 1. The van der Waals surface area contributed by atoms with Gasteiger partial charge in [-0.15, -0.1) is 11.8 Å². The highest BCUT2D eigenvalue weighted by atomic mass is 32.2. The van der Waals surface area contributed by atoms with Gasteiger partial charge in [-0.2, -0.15) is 0 Å². The number of benzene rings is 1. The van der Waals surface area contributed by atoms with E-state index in [0.717, 1.165) is 51.4 Å². The van der Waals surface area contributed by atoms with E-state index in [-0.39, 0.29) is 5.91 Å². The largest absolute Gasteiger partial charge is 0.355 e. The summed E-state index contributed by atoms with van der Waals surface area (Å²) in [6.45, 7) is 10.7. The van der Waals surface area contributed by atoms with Crippen molar-refractivity contribution in [3.05, 3.63) is 34.9 Å². The summed E-state index contributed by atoms with van der Waals surface area (Å²) >= 11 is 1.69. The molecule has 0 unspecified atom stereocenters. The van der Waals surface area contributed by atoms with E-state index >= 15 is 0 Å². The first kappa shape index (κ1) is 19.3. The maximum Gasteiger partial charge on any atom is 0.230 e. The average molecular weight is 350 g/mol. The summed E-state index contributed by atoms with van der Waals surface area (Å²) in [6.07, 6.45) is 1.04. The van der Waals surface area contributed by atoms with Crippen molar-refractivity contribution in [3.63, 3.8) is 0 Å². The van der Waals surface area contributed by atoms with E-state index in [9.17, 15) is 4.79 Å². The molecular weight excluding hydrogens is 318 g/mol. The third-order valence-electron chi connectivity index (χ3n) is 4.35. The molecule has 1 aliphatic rings. The maximum absolute atomic E-state index is 11.9. The lowest BCUT2D eigenvalue weighted by Crippen LogP contribution is -2.45. The van der Waals surface area contributed by atoms with E-state index in [1.54, 1.807) is 11.8 Å². The van der Waals surface area contributed by atoms with Crippen LogP contribution in [0, 0.1) is 13.8 Å². The molecule has 0 aliphatic carbocycles. The van der Waals surface area contributed by atoms with Gasteiger partial charge in [0.15, 0.2) is 0 Å². The van der Waals surface area contributed by atoms with Crippen LogP contribution < -0.4 is 5.32 Å². The lowest BCUT2D eigenvalue weighted by Gasteiger charge is -2.32. The Labute approximate surface area is 151 Å². The molecule has 1 aromatic rings. The molecule has 1 N–H and O–H groups in total. The minimum absolute atomic E-state index is 0.155. The molecule has 1 fully saturated rings. The Hall–Kier alpha value is -1.04. The smallest absolute Gasteiger partial charge is 0.230 e. The minimum Gasteiger partial charge on any atom is -0.355 e. The quantitative estimate of drug-likeness (QED) is 0.731. The molecule has 4 nitrogen and oxygen atoms in total. The minimum atomic E-state index is 0.155. The highest BCUT2D eigenvalue weighted by molar-refractivity contribution is 7.99. The van der Waals surface area contributed by atoms with Gasteiger partial charge in [-0.05, 0) is 39.4 Å². The van der Waals surface area contributed by atoms with Crippen molar-refractivity contribution in [2.75, 3.05) is 52.1 Å². The van der Waals surface area contributed by atoms with Crippen LogP contribution in [0.4, 0.5) is 0 Å². The summed E-state index contributed by atoms with van der Waals surface area (Å²) in [7, 11) is 2.17. The van der Waals surface area contributed by atoms with Crippen LogP contribution in [0.2, 0.25) is 0 Å². The van der Waals surface area contributed by atoms with Crippen molar-refractivity contribution >= 4 is 17.7 Å². The Balaban J connectivity index is 1.53. The molecule has 2 rings (SSSR count). The first-order valence-electron chi connectivity index (χ1n) is 8.85. The molecule has 1 heterocycles. The topological polar surface area (TPSA) is 35.6 Å². The molecule has 0 bridgehead atoms. The second-order valence-corrected chi connectivity index (χ2v) is 7.82. The molecule has 5 heteroatoms. The van der Waals surface area contributed by atoms with Crippen LogP contribution in [0.15, 0.2) is 18.2 Å². The van der Waals surface area contributed by atoms with E-state index in [1.165, 1.54) is 16.7 Å². The Kier molecular flexibility index (Phi) is 8.09. The van der Waals surface area contributed by atoms with Gasteiger partial charge in [0.05, 0.1) is 5.75 Å². The number of carbonyl (C=O) groups is 1. The van der Waals surface area contributed by atoms with Crippen molar-refractivity contribution < 1.29 is 4.79 Å². The van der Waals surface area contributed by atoms with Crippen LogP contribution >= 0.6 is 11.8 Å². The van der Waals surface area contributed by atoms with E-state index < -0.39 is 0 Å². The summed E-state index contributed by atoms with van der Waals surface area (Å²) in [5.74, 6) is 1.60. The number of amides is 1. The second kappa shape index (κ2) is 10.1. The Bertz CT molecular complexity index is 507. The number of likely N-dealkylation sites (N-methyl/N-ethyl adjacent to an activating group) is 1. The van der Waals surface area contributed by atoms with Crippen molar-refractivity contribution in [1.82, 2.24) is 15.1 Å². The molecule has 0 atom stereocenters. The van der Waals surface area contributed by atoms with E-state index in [1.807, 2.05) is 0 Å². The van der Waals surface area contributed by atoms with Gasteiger partial charge in [-0.3, -0.25) is 4.79 Å². The number of hydrogen-bond acceptors (Lipinski definition) is 4. The Morgan fingerprint density at radius 1 is 1.12 bits per heavy atom. The van der Waals surface area contributed by atoms with E-state index in [0.29, 0.717) is 5.75 Å². The van der Waals surface area contributed by atoms with Crippen LogP contribution in [0.5, 0.6) is 0 Å². The SMILES string of the molecule is Cc1cc(C)cc(CSCC(=O)NCCCN2CCN(C)CC2)c1. The highest BCUT2D eigenvalue weighted by Gasteiger charge is 2.12. The van der Waals surface area contributed by atoms with E-state index in [2.05, 4.69) is 54.2 Å². The predicted molar refractivity (Wildman–Crippen MR) is 104 cm³/mol. The number of nitrogens with one attached hydrogen (secondary N) is 1. The molecule has 0 radical (unpaired) electrons. The summed E-state index contributed by atoms with van der Waals surface area (Å²) in [5, 5.41) is 3.04. The molecule has 1 saturated heterocycles. The van der Waals surface area contributed by atoms with Crippen molar-refractivity contribution in [2.24, 2.45) is 0 Å². The lowest BCUT2D eigenvalue weighted by molar-refractivity contribution is -0.118.